The Balaban J connectivity index is 1.90. The van der Waals surface area contributed by atoms with Crippen LogP contribution in [0.2, 0.25) is 0 Å². The van der Waals surface area contributed by atoms with Gasteiger partial charge in [-0.25, -0.2) is 0 Å². The predicted octanol–water partition coefficient (Wildman–Crippen LogP) is 3.93. The highest BCUT2D eigenvalue weighted by Gasteiger charge is 2.34. The Hall–Kier alpha value is -2.80. The number of allylic oxidation sites excluding steroid dienone is 1. The molecule has 1 aliphatic heterocycles. The summed E-state index contributed by atoms with van der Waals surface area (Å²) in [6, 6.07) is 12.0. The molecule has 1 aliphatic rings. The predicted molar refractivity (Wildman–Crippen MR) is 126 cm³/mol. The number of rotatable bonds is 11. The molecule has 2 aromatic rings. The zero-order chi connectivity index (χ0) is 22.9. The highest BCUT2D eigenvalue weighted by molar-refractivity contribution is 5.44. The maximum absolute atomic E-state index is 10.0. The van der Waals surface area contributed by atoms with E-state index in [1.54, 1.807) is 20.3 Å². The molecule has 6 heteroatoms. The Morgan fingerprint density at radius 3 is 2.53 bits per heavy atom. The van der Waals surface area contributed by atoms with Crippen molar-refractivity contribution < 1.29 is 24.1 Å². The second-order valence-corrected chi connectivity index (χ2v) is 7.66. The quantitative estimate of drug-likeness (QED) is 0.536. The Kier molecular flexibility index (Phi) is 8.73. The molecule has 0 aromatic heterocycles. The zero-order valence-electron chi connectivity index (χ0n) is 19.0. The fourth-order valence-electron chi connectivity index (χ4n) is 4.15. The van der Waals surface area contributed by atoms with Crippen molar-refractivity contribution in [2.45, 2.75) is 25.1 Å². The topological polar surface area (TPSA) is 60.4 Å². The van der Waals surface area contributed by atoms with Gasteiger partial charge in [0, 0.05) is 13.1 Å². The Morgan fingerprint density at radius 1 is 1.06 bits per heavy atom. The SMILES string of the molecule is C=CCOc1ccc(CN2CCO[C@H](CO)[C@H]2c2ccc(OC)c(OC)c2)cc1CC=C. The van der Waals surface area contributed by atoms with Crippen LogP contribution in [0.15, 0.2) is 61.7 Å². The lowest BCUT2D eigenvalue weighted by Gasteiger charge is -2.41. The van der Waals surface area contributed by atoms with E-state index in [0.29, 0.717) is 31.3 Å². The summed E-state index contributed by atoms with van der Waals surface area (Å²) in [4.78, 5) is 2.34. The number of aliphatic hydroxyl groups excluding tert-OH is 1. The van der Waals surface area contributed by atoms with Gasteiger partial charge in [-0.2, -0.15) is 0 Å². The normalized spacial score (nSPS) is 18.7. The number of nitrogens with zero attached hydrogens (tertiary/aromatic N) is 1. The number of hydrogen-bond acceptors (Lipinski definition) is 6. The van der Waals surface area contributed by atoms with Crippen molar-refractivity contribution in [2.75, 3.05) is 40.6 Å². The summed E-state index contributed by atoms with van der Waals surface area (Å²) in [6.45, 7) is 10.0. The minimum absolute atomic E-state index is 0.0639. The fraction of sp³-hybridized carbons (Fsp3) is 0.385. The summed E-state index contributed by atoms with van der Waals surface area (Å²) in [5, 5.41) is 10.0. The average molecular weight is 440 g/mol. The number of benzene rings is 2. The van der Waals surface area contributed by atoms with Crippen LogP contribution in [0.5, 0.6) is 17.2 Å². The maximum Gasteiger partial charge on any atom is 0.161 e. The van der Waals surface area contributed by atoms with Crippen molar-refractivity contribution in [3.05, 3.63) is 78.4 Å². The third-order valence-electron chi connectivity index (χ3n) is 5.62. The van der Waals surface area contributed by atoms with Crippen LogP contribution in [-0.2, 0) is 17.7 Å². The summed E-state index contributed by atoms with van der Waals surface area (Å²) >= 11 is 0. The molecule has 0 radical (unpaired) electrons. The van der Waals surface area contributed by atoms with E-state index < -0.39 is 0 Å². The van der Waals surface area contributed by atoms with Crippen LogP contribution < -0.4 is 14.2 Å². The lowest BCUT2D eigenvalue weighted by molar-refractivity contribution is -0.0961. The minimum atomic E-state index is -0.329. The van der Waals surface area contributed by atoms with Crippen LogP contribution in [0.1, 0.15) is 22.7 Å². The Labute approximate surface area is 190 Å². The van der Waals surface area contributed by atoms with Crippen LogP contribution in [0.25, 0.3) is 0 Å². The van der Waals surface area contributed by atoms with Crippen LogP contribution in [-0.4, -0.2) is 56.7 Å². The number of methoxy groups -OCH3 is 2. The van der Waals surface area contributed by atoms with Gasteiger partial charge < -0.3 is 24.1 Å². The molecule has 1 saturated heterocycles. The molecule has 0 saturated carbocycles. The van der Waals surface area contributed by atoms with Crippen LogP contribution in [0.3, 0.4) is 0 Å². The molecule has 0 aliphatic carbocycles. The molecule has 0 unspecified atom stereocenters. The first-order valence-corrected chi connectivity index (χ1v) is 10.8. The van der Waals surface area contributed by atoms with E-state index in [1.165, 1.54) is 0 Å². The molecule has 1 heterocycles. The Bertz CT molecular complexity index is 913. The summed E-state index contributed by atoms with van der Waals surface area (Å²) in [5.74, 6) is 2.17. The van der Waals surface area contributed by atoms with Gasteiger partial charge in [-0.1, -0.05) is 36.9 Å². The van der Waals surface area contributed by atoms with E-state index in [4.69, 9.17) is 18.9 Å². The van der Waals surface area contributed by atoms with Gasteiger partial charge in [0.25, 0.3) is 0 Å². The molecular formula is C26H33NO5. The lowest BCUT2D eigenvalue weighted by atomic mass is 9.96. The molecule has 1 fully saturated rings. The maximum atomic E-state index is 10.0. The zero-order valence-corrected chi connectivity index (χ0v) is 19.0. The first-order chi connectivity index (χ1) is 15.6. The van der Waals surface area contributed by atoms with E-state index in [2.05, 4.69) is 30.2 Å². The minimum Gasteiger partial charge on any atom is -0.493 e. The van der Waals surface area contributed by atoms with Gasteiger partial charge in [0.2, 0.25) is 0 Å². The molecular weight excluding hydrogens is 406 g/mol. The highest BCUT2D eigenvalue weighted by atomic mass is 16.5. The largest absolute Gasteiger partial charge is 0.493 e. The molecule has 32 heavy (non-hydrogen) atoms. The van der Waals surface area contributed by atoms with Gasteiger partial charge in [0.1, 0.15) is 18.5 Å². The smallest absolute Gasteiger partial charge is 0.161 e. The van der Waals surface area contributed by atoms with Crippen molar-refractivity contribution in [1.29, 1.82) is 0 Å². The molecule has 2 aromatic carbocycles. The van der Waals surface area contributed by atoms with Crippen molar-refractivity contribution >= 4 is 0 Å². The second-order valence-electron chi connectivity index (χ2n) is 7.66. The highest BCUT2D eigenvalue weighted by Crippen LogP contribution is 2.36. The van der Waals surface area contributed by atoms with E-state index in [-0.39, 0.29) is 18.8 Å². The first kappa shape index (κ1) is 23.9. The molecule has 1 N–H and O–H groups in total. The summed E-state index contributed by atoms with van der Waals surface area (Å²) in [6.07, 6.45) is 4.01. The van der Waals surface area contributed by atoms with Gasteiger partial charge in [0.15, 0.2) is 11.5 Å². The number of ether oxygens (including phenoxy) is 4. The van der Waals surface area contributed by atoms with E-state index in [1.807, 2.05) is 30.3 Å². The van der Waals surface area contributed by atoms with E-state index >= 15 is 0 Å². The third kappa shape index (κ3) is 5.51. The standard InChI is InChI=1S/C26H33NO5/c1-5-7-20-15-19(8-10-22(20)31-13-6-2)17-27-12-14-32-25(18-28)26(27)21-9-11-23(29-3)24(16-21)30-4/h5-6,8-11,15-16,25-26,28H,1-2,7,12-14,17-18H2,3-4H3/t25-,26-/m1/s1. The van der Waals surface area contributed by atoms with Gasteiger partial charge in [0.05, 0.1) is 33.5 Å². The van der Waals surface area contributed by atoms with Gasteiger partial charge in [-0.3, -0.25) is 4.90 Å². The lowest BCUT2D eigenvalue weighted by Crippen LogP contribution is -2.46. The van der Waals surface area contributed by atoms with Crippen molar-refractivity contribution in [1.82, 2.24) is 4.90 Å². The van der Waals surface area contributed by atoms with E-state index in [9.17, 15) is 5.11 Å². The van der Waals surface area contributed by atoms with E-state index in [0.717, 1.165) is 35.4 Å². The summed E-state index contributed by atoms with van der Waals surface area (Å²) < 4.78 is 22.6. The van der Waals surface area contributed by atoms with Crippen LogP contribution in [0.4, 0.5) is 0 Å². The van der Waals surface area contributed by atoms with Crippen LogP contribution >= 0.6 is 0 Å². The Morgan fingerprint density at radius 2 is 1.84 bits per heavy atom. The number of aliphatic hydroxyl groups is 1. The molecule has 0 bridgehead atoms. The molecule has 6 nitrogen and oxygen atoms in total. The second kappa shape index (κ2) is 11.7. The summed E-state index contributed by atoms with van der Waals surface area (Å²) in [5.41, 5.74) is 3.27. The van der Waals surface area contributed by atoms with Crippen LogP contribution in [0, 0.1) is 0 Å². The van der Waals surface area contributed by atoms with Gasteiger partial charge in [-0.05, 0) is 41.3 Å². The number of morpholine rings is 1. The van der Waals surface area contributed by atoms with Crippen molar-refractivity contribution in [3.63, 3.8) is 0 Å². The van der Waals surface area contributed by atoms with Crippen molar-refractivity contribution in [3.8, 4) is 17.2 Å². The number of hydrogen-bond donors (Lipinski definition) is 1. The third-order valence-corrected chi connectivity index (χ3v) is 5.62. The van der Waals surface area contributed by atoms with Crippen molar-refractivity contribution in [2.24, 2.45) is 0 Å². The molecule has 0 amide bonds. The molecule has 172 valence electrons. The first-order valence-electron chi connectivity index (χ1n) is 10.8. The summed E-state index contributed by atoms with van der Waals surface area (Å²) in [7, 11) is 3.24. The van der Waals surface area contributed by atoms with Gasteiger partial charge in [-0.15, -0.1) is 6.58 Å². The monoisotopic (exact) mass is 439 g/mol. The fourth-order valence-corrected chi connectivity index (χ4v) is 4.15. The molecule has 2 atom stereocenters. The van der Waals surface area contributed by atoms with Gasteiger partial charge >= 0.3 is 0 Å². The molecule has 3 rings (SSSR count). The average Bonchev–Trinajstić information content (AvgIpc) is 2.83. The molecule has 0 spiro atoms.